The monoisotopic (exact) mass is 328 g/mol. The van der Waals surface area contributed by atoms with Gasteiger partial charge in [-0.1, -0.05) is 44.2 Å². The molecule has 2 aromatic rings. The van der Waals surface area contributed by atoms with Crippen LogP contribution in [0.25, 0.3) is 0 Å². The number of benzene rings is 2. The van der Waals surface area contributed by atoms with Crippen molar-refractivity contribution >= 4 is 11.6 Å². The van der Waals surface area contributed by atoms with Crippen LogP contribution in [-0.2, 0) is 5.54 Å². The Morgan fingerprint density at radius 3 is 2.29 bits per heavy atom. The van der Waals surface area contributed by atoms with E-state index in [1.807, 2.05) is 19.9 Å². The van der Waals surface area contributed by atoms with Gasteiger partial charge in [0, 0.05) is 17.2 Å². The number of carbonyl (C=O) groups is 1. The Bertz CT molecular complexity index is 740. The van der Waals surface area contributed by atoms with Crippen LogP contribution in [0.3, 0.4) is 0 Å². The minimum absolute atomic E-state index is 0.287. The lowest BCUT2D eigenvalue weighted by Gasteiger charge is -2.34. The van der Waals surface area contributed by atoms with Gasteiger partial charge in [-0.05, 0) is 25.0 Å². The molecule has 0 radical (unpaired) electrons. The average Bonchev–Trinajstić information content (AvgIpc) is 2.60. The molecule has 2 N–H and O–H groups in total. The first kappa shape index (κ1) is 17.5. The van der Waals surface area contributed by atoms with Crippen LogP contribution >= 0.6 is 0 Å². The predicted molar refractivity (Wildman–Crippen MR) is 90.9 cm³/mol. The third-order valence-corrected chi connectivity index (χ3v) is 4.32. The second kappa shape index (κ2) is 7.12. The Hall–Kier alpha value is -2.89. The van der Waals surface area contributed by atoms with E-state index in [0.717, 1.165) is 0 Å². The van der Waals surface area contributed by atoms with E-state index in [1.165, 1.54) is 12.1 Å². The molecule has 6 heteroatoms. The van der Waals surface area contributed by atoms with Crippen LogP contribution in [-0.4, -0.2) is 15.9 Å². The summed E-state index contributed by atoms with van der Waals surface area (Å²) in [6, 6.07) is 13.1. The van der Waals surface area contributed by atoms with Crippen molar-refractivity contribution in [2.75, 3.05) is 0 Å². The largest absolute Gasteiger partial charge is 0.502 e. The van der Waals surface area contributed by atoms with Gasteiger partial charge in [0.1, 0.15) is 0 Å². The number of phenols is 1. The summed E-state index contributed by atoms with van der Waals surface area (Å²) in [6.07, 6.45) is 0.966. The van der Waals surface area contributed by atoms with E-state index < -0.39 is 16.2 Å². The van der Waals surface area contributed by atoms with E-state index in [0.29, 0.717) is 24.0 Å². The molecule has 0 saturated heterocycles. The molecule has 0 atom stereocenters. The van der Waals surface area contributed by atoms with Gasteiger partial charge < -0.3 is 10.4 Å². The first-order valence-electron chi connectivity index (χ1n) is 7.79. The Kier molecular flexibility index (Phi) is 5.18. The number of nitrogens with zero attached hydrogens (tertiary/aromatic N) is 1. The summed E-state index contributed by atoms with van der Waals surface area (Å²) >= 11 is 0. The molecule has 6 nitrogen and oxygen atoms in total. The van der Waals surface area contributed by atoms with Crippen molar-refractivity contribution in [2.24, 2.45) is 0 Å². The summed E-state index contributed by atoms with van der Waals surface area (Å²) in [6.45, 7) is 3.74. The van der Waals surface area contributed by atoms with E-state index in [9.17, 15) is 20.0 Å². The maximum atomic E-state index is 12.6. The zero-order chi connectivity index (χ0) is 17.7. The number of aromatic hydroxyl groups is 1. The average molecular weight is 328 g/mol. The van der Waals surface area contributed by atoms with E-state index in [-0.39, 0.29) is 11.6 Å². The number of rotatable bonds is 6. The molecule has 0 bridgehead atoms. The fourth-order valence-electron chi connectivity index (χ4n) is 2.82. The second-order valence-electron chi connectivity index (χ2n) is 5.54. The lowest BCUT2D eigenvalue weighted by molar-refractivity contribution is -0.386. The van der Waals surface area contributed by atoms with E-state index in [2.05, 4.69) is 5.32 Å². The zero-order valence-corrected chi connectivity index (χ0v) is 13.7. The molecule has 0 aromatic heterocycles. The maximum Gasteiger partial charge on any atom is 0.311 e. The number of nitrogens with one attached hydrogen (secondary N) is 1. The smallest absolute Gasteiger partial charge is 0.311 e. The quantitative estimate of drug-likeness (QED) is 0.624. The number of phenolic OH excluding ortho intramolecular Hbond substituents is 1. The molecule has 0 fully saturated rings. The van der Waals surface area contributed by atoms with Crippen molar-refractivity contribution in [1.82, 2.24) is 5.32 Å². The van der Waals surface area contributed by atoms with Crippen molar-refractivity contribution in [3.63, 3.8) is 0 Å². The number of amides is 1. The Labute approximate surface area is 140 Å². The van der Waals surface area contributed by atoms with Crippen LogP contribution in [0.2, 0.25) is 0 Å². The highest BCUT2D eigenvalue weighted by Crippen LogP contribution is 2.40. The van der Waals surface area contributed by atoms with Crippen molar-refractivity contribution < 1.29 is 14.8 Å². The molecular weight excluding hydrogens is 308 g/mol. The molecular formula is C18H20N2O4. The number of carbonyl (C=O) groups excluding carboxylic acids is 1. The third-order valence-electron chi connectivity index (χ3n) is 4.32. The van der Waals surface area contributed by atoms with Gasteiger partial charge in [-0.15, -0.1) is 0 Å². The number of hydrogen-bond acceptors (Lipinski definition) is 4. The fraction of sp³-hybridized carbons (Fsp3) is 0.278. The standard InChI is InChI=1S/C18H20N2O4/c1-3-18(4-2,19-17(22)13-9-6-5-7-10-13)14-11-8-12-15(16(14)21)20(23)24/h5-12,21H,3-4H2,1-2H3,(H,19,22). The number of hydrogen-bond donors (Lipinski definition) is 2. The molecule has 0 saturated carbocycles. The maximum absolute atomic E-state index is 12.6. The fourth-order valence-corrected chi connectivity index (χ4v) is 2.82. The third kappa shape index (κ3) is 3.22. The summed E-state index contributed by atoms with van der Waals surface area (Å²) in [5.41, 5.74) is -0.407. The molecule has 0 unspecified atom stereocenters. The highest BCUT2D eigenvalue weighted by atomic mass is 16.6. The Morgan fingerprint density at radius 1 is 1.12 bits per heavy atom. The highest BCUT2D eigenvalue weighted by Gasteiger charge is 2.35. The molecule has 24 heavy (non-hydrogen) atoms. The summed E-state index contributed by atoms with van der Waals surface area (Å²) in [5, 5.41) is 24.4. The first-order chi connectivity index (χ1) is 11.4. The molecule has 126 valence electrons. The van der Waals surface area contributed by atoms with Crippen molar-refractivity contribution in [3.8, 4) is 5.75 Å². The van der Waals surface area contributed by atoms with Crippen LogP contribution in [0, 0.1) is 10.1 Å². The summed E-state index contributed by atoms with van der Waals surface area (Å²) in [5.74, 6) is -0.690. The van der Waals surface area contributed by atoms with Gasteiger partial charge in [-0.25, -0.2) is 0 Å². The normalized spacial score (nSPS) is 11.1. The molecule has 2 rings (SSSR count). The van der Waals surface area contributed by atoms with Crippen molar-refractivity contribution in [1.29, 1.82) is 0 Å². The van der Waals surface area contributed by atoms with Crippen LogP contribution in [0.5, 0.6) is 5.75 Å². The Morgan fingerprint density at radius 2 is 1.75 bits per heavy atom. The van der Waals surface area contributed by atoms with Crippen LogP contribution in [0.15, 0.2) is 48.5 Å². The van der Waals surface area contributed by atoms with Gasteiger partial charge in [0.15, 0.2) is 5.75 Å². The van der Waals surface area contributed by atoms with E-state index in [4.69, 9.17) is 0 Å². The molecule has 0 spiro atoms. The number of nitro benzene ring substituents is 1. The zero-order valence-electron chi connectivity index (χ0n) is 13.7. The lowest BCUT2D eigenvalue weighted by atomic mass is 9.83. The Balaban J connectivity index is 2.47. The number of nitro groups is 1. The summed E-state index contributed by atoms with van der Waals surface area (Å²) in [4.78, 5) is 23.0. The SMILES string of the molecule is CCC(CC)(NC(=O)c1ccccc1)c1cccc([N+](=O)[O-])c1O. The molecule has 0 heterocycles. The van der Waals surface area contributed by atoms with Gasteiger partial charge in [0.05, 0.1) is 10.5 Å². The van der Waals surface area contributed by atoms with Crippen LogP contribution < -0.4 is 5.32 Å². The highest BCUT2D eigenvalue weighted by molar-refractivity contribution is 5.94. The van der Waals surface area contributed by atoms with E-state index in [1.54, 1.807) is 30.3 Å². The van der Waals surface area contributed by atoms with Gasteiger partial charge >= 0.3 is 5.69 Å². The molecule has 0 aliphatic rings. The minimum atomic E-state index is -0.886. The second-order valence-corrected chi connectivity index (χ2v) is 5.54. The van der Waals surface area contributed by atoms with Gasteiger partial charge in [-0.2, -0.15) is 0 Å². The molecule has 0 aliphatic carbocycles. The lowest BCUT2D eigenvalue weighted by Crippen LogP contribution is -2.45. The summed E-state index contributed by atoms with van der Waals surface area (Å²) < 4.78 is 0. The van der Waals surface area contributed by atoms with Crippen molar-refractivity contribution in [2.45, 2.75) is 32.2 Å². The summed E-state index contributed by atoms with van der Waals surface area (Å²) in [7, 11) is 0. The number of para-hydroxylation sites is 1. The first-order valence-corrected chi connectivity index (χ1v) is 7.79. The van der Waals surface area contributed by atoms with Crippen LogP contribution in [0.4, 0.5) is 5.69 Å². The van der Waals surface area contributed by atoms with Crippen LogP contribution in [0.1, 0.15) is 42.6 Å². The minimum Gasteiger partial charge on any atom is -0.502 e. The molecule has 2 aromatic carbocycles. The topological polar surface area (TPSA) is 92.5 Å². The van der Waals surface area contributed by atoms with E-state index >= 15 is 0 Å². The van der Waals surface area contributed by atoms with Crippen molar-refractivity contribution in [3.05, 3.63) is 69.8 Å². The molecule has 0 aliphatic heterocycles. The van der Waals surface area contributed by atoms with Gasteiger partial charge in [0.2, 0.25) is 0 Å². The van der Waals surface area contributed by atoms with Gasteiger partial charge in [-0.3, -0.25) is 14.9 Å². The predicted octanol–water partition coefficient (Wildman–Crippen LogP) is 3.75. The van der Waals surface area contributed by atoms with Gasteiger partial charge in [0.25, 0.3) is 5.91 Å². The molecule has 1 amide bonds.